The molecule has 0 unspecified atom stereocenters. The average molecular weight is 404 g/mol. The van der Waals surface area contributed by atoms with E-state index in [1.165, 1.54) is 0 Å². The molecule has 0 aliphatic rings. The van der Waals surface area contributed by atoms with Crippen LogP contribution < -0.4 is 73.6 Å². The predicted octanol–water partition coefficient (Wildman–Crippen LogP) is -11.5. The molecule has 0 aliphatic carbocycles. The molecule has 0 fully saturated rings. The molecule has 0 bridgehead atoms. The first kappa shape index (κ1) is 37.2. The van der Waals surface area contributed by atoms with Gasteiger partial charge in [0.1, 0.15) is 0 Å². The third-order valence-corrected chi connectivity index (χ3v) is 0. The van der Waals surface area contributed by atoms with E-state index in [1.807, 2.05) is 0 Å². The zero-order valence-corrected chi connectivity index (χ0v) is 16.0. The van der Waals surface area contributed by atoms with Gasteiger partial charge in [0.05, 0.1) is 0 Å². The molecular formula is NaO12P3Ti2. The molecule has 96 valence electrons. The van der Waals surface area contributed by atoms with Crippen molar-refractivity contribution in [2.24, 2.45) is 0 Å². The molecule has 0 radical (unpaired) electrons. The van der Waals surface area contributed by atoms with Gasteiger partial charge in [-0.3, -0.25) is 0 Å². The van der Waals surface area contributed by atoms with Gasteiger partial charge >= 0.3 is 73.0 Å². The van der Waals surface area contributed by atoms with E-state index in [1.54, 1.807) is 0 Å². The van der Waals surface area contributed by atoms with Crippen LogP contribution in [-0.2, 0) is 57.1 Å². The van der Waals surface area contributed by atoms with Crippen LogP contribution in [0, 0.1) is 0 Å². The summed E-state index contributed by atoms with van der Waals surface area (Å²) in [5, 5.41) is 0. The third kappa shape index (κ3) is 777. The fraction of sp³-hybridized carbons (Fsp3) is 0. The molecule has 12 nitrogen and oxygen atoms in total. The van der Waals surface area contributed by atoms with Crippen LogP contribution in [0.4, 0.5) is 0 Å². The standard InChI is InChI=1S/Na.3H3O4P.2Ti/c;3*1-5(2,3)4;;/h;3*(H3,1,2,3,4);;/q+1;;;;2*+4/p-9. The maximum Gasteiger partial charge on any atom is 4.00 e. The molecule has 0 N–H and O–H groups in total. The van der Waals surface area contributed by atoms with Crippen LogP contribution in [0.2, 0.25) is 0 Å². The minimum Gasteiger partial charge on any atom is -0.822 e. The Morgan fingerprint density at radius 2 is 0.444 bits per heavy atom. The topological polar surface area (TPSA) is 259 Å². The van der Waals surface area contributed by atoms with Crippen molar-refractivity contribution in [1.82, 2.24) is 0 Å². The fourth-order valence-corrected chi connectivity index (χ4v) is 0. The van der Waals surface area contributed by atoms with E-state index in [0.29, 0.717) is 0 Å². The van der Waals surface area contributed by atoms with Crippen molar-refractivity contribution in [3.05, 3.63) is 0 Å². The molecule has 0 aromatic heterocycles. The van der Waals surface area contributed by atoms with Crippen LogP contribution in [0.25, 0.3) is 0 Å². The third-order valence-electron chi connectivity index (χ3n) is 0. The minimum absolute atomic E-state index is 0. The number of hydrogen-bond donors (Lipinski definition) is 0. The summed E-state index contributed by atoms with van der Waals surface area (Å²) >= 11 is 0. The van der Waals surface area contributed by atoms with Gasteiger partial charge in [0.2, 0.25) is 0 Å². The normalized spacial score (nSPS) is 9.83. The second kappa shape index (κ2) is 16.1. The summed E-state index contributed by atoms with van der Waals surface area (Å²) in [7, 11) is -16.2. The van der Waals surface area contributed by atoms with Crippen molar-refractivity contribution in [2.75, 3.05) is 0 Å². The average Bonchev–Trinajstić information content (AvgIpc) is 1.41. The Morgan fingerprint density at radius 3 is 0.444 bits per heavy atom. The Balaban J connectivity index is -0.0000000277. The van der Waals surface area contributed by atoms with Gasteiger partial charge in [0, 0.05) is 0 Å². The van der Waals surface area contributed by atoms with Crippen molar-refractivity contribution in [3.8, 4) is 0 Å². The van der Waals surface area contributed by atoms with Crippen molar-refractivity contribution in [2.45, 2.75) is 0 Å². The molecule has 0 saturated carbocycles. The predicted molar refractivity (Wildman–Crippen MR) is 22.8 cm³/mol. The summed E-state index contributed by atoms with van der Waals surface area (Å²) in [5.74, 6) is 0. The van der Waals surface area contributed by atoms with Gasteiger partial charge in [-0.25, -0.2) is 0 Å². The van der Waals surface area contributed by atoms with Crippen molar-refractivity contribution in [3.63, 3.8) is 0 Å². The summed E-state index contributed by atoms with van der Waals surface area (Å²) in [6.07, 6.45) is 0. The summed E-state index contributed by atoms with van der Waals surface area (Å²) in [4.78, 5) is 76.9. The van der Waals surface area contributed by atoms with Crippen LogP contribution in [0.3, 0.4) is 0 Å². The van der Waals surface area contributed by atoms with Gasteiger partial charge in [0.25, 0.3) is 0 Å². The summed E-state index contributed by atoms with van der Waals surface area (Å²) in [5.41, 5.74) is 0. The van der Waals surface area contributed by atoms with Crippen LogP contribution >= 0.6 is 23.5 Å². The Kier molecular flexibility index (Phi) is 33.4. The molecule has 0 heterocycles. The van der Waals surface area contributed by atoms with Gasteiger partial charge in [-0.1, -0.05) is 0 Å². The van der Waals surface area contributed by atoms with E-state index in [4.69, 9.17) is 57.7 Å². The Hall–Kier alpha value is 2.76. The van der Waals surface area contributed by atoms with Crippen molar-refractivity contribution in [1.29, 1.82) is 0 Å². The van der Waals surface area contributed by atoms with Crippen LogP contribution in [0.1, 0.15) is 0 Å². The molecule has 0 saturated heterocycles. The number of phosphoric acid groups is 3. The van der Waals surface area contributed by atoms with E-state index in [9.17, 15) is 0 Å². The smallest absolute Gasteiger partial charge is 0.822 e. The molecule has 0 aromatic carbocycles. The summed E-state index contributed by atoms with van der Waals surface area (Å²) in [6, 6.07) is 0. The SMILES string of the molecule is O=P([O-])([O-])[O-].O=P([O-])([O-])[O-].O=P([O-])([O-])[O-].[Na+].[Ti+4].[Ti+4]. The molecular weight excluding hydrogens is 404 g/mol. The summed E-state index contributed by atoms with van der Waals surface area (Å²) in [6.45, 7) is 0. The first-order chi connectivity index (χ1) is 6.00. The van der Waals surface area contributed by atoms with Gasteiger partial charge in [-0.15, -0.1) is 0 Å². The molecule has 0 rings (SSSR count). The molecule has 18 heavy (non-hydrogen) atoms. The summed E-state index contributed by atoms with van der Waals surface area (Å²) < 4.78 is 25.6. The van der Waals surface area contributed by atoms with Gasteiger partial charge < -0.3 is 57.7 Å². The second-order valence-corrected chi connectivity index (χ2v) is 4.02. The van der Waals surface area contributed by atoms with Crippen molar-refractivity contribution >= 4 is 23.5 Å². The molecule has 0 atom stereocenters. The van der Waals surface area contributed by atoms with Gasteiger partial charge in [-0.2, -0.15) is 23.5 Å². The largest absolute Gasteiger partial charge is 4.00 e. The van der Waals surface area contributed by atoms with Crippen LogP contribution in [0.5, 0.6) is 0 Å². The van der Waals surface area contributed by atoms with E-state index in [2.05, 4.69) is 0 Å². The second-order valence-electron chi connectivity index (χ2n) is 1.34. The zero-order valence-electron chi connectivity index (χ0n) is 8.24. The molecule has 0 amide bonds. The Bertz CT molecular complexity index is 211. The van der Waals surface area contributed by atoms with E-state index in [0.717, 1.165) is 0 Å². The quantitative estimate of drug-likeness (QED) is 0.269. The van der Waals surface area contributed by atoms with Gasteiger partial charge in [0.15, 0.2) is 0 Å². The van der Waals surface area contributed by atoms with Crippen LogP contribution in [0.15, 0.2) is 0 Å². The molecule has 0 spiro atoms. The number of rotatable bonds is 0. The molecule has 0 aromatic rings. The molecule has 0 aliphatic heterocycles. The van der Waals surface area contributed by atoms with Crippen molar-refractivity contribution < 1.29 is 131 Å². The maximum absolute atomic E-state index is 8.55. The first-order valence-corrected chi connectivity index (χ1v) is 6.57. The van der Waals surface area contributed by atoms with E-state index >= 15 is 0 Å². The van der Waals surface area contributed by atoms with E-state index in [-0.39, 0.29) is 73.0 Å². The maximum atomic E-state index is 8.55. The van der Waals surface area contributed by atoms with Gasteiger partial charge in [-0.05, 0) is 0 Å². The fourth-order valence-electron chi connectivity index (χ4n) is 0. The van der Waals surface area contributed by atoms with Crippen LogP contribution in [-0.4, -0.2) is 0 Å². The Morgan fingerprint density at radius 1 is 0.444 bits per heavy atom. The number of hydrogen-bond acceptors (Lipinski definition) is 12. The first-order valence-electron chi connectivity index (χ1n) is 2.19. The Labute approximate surface area is 153 Å². The zero-order chi connectivity index (χ0) is 13.5. The monoisotopic (exact) mass is 404 g/mol. The minimum atomic E-state index is -5.39. The van der Waals surface area contributed by atoms with E-state index < -0.39 is 23.5 Å². The molecule has 18 heteroatoms.